The number of carbonyl (C=O) groups is 2. The van der Waals surface area contributed by atoms with Crippen LogP contribution in [0.1, 0.15) is 26.3 Å². The van der Waals surface area contributed by atoms with E-state index in [0.29, 0.717) is 12.2 Å². The fourth-order valence-electron chi connectivity index (χ4n) is 3.89. The normalized spacial score (nSPS) is 12.4. The summed E-state index contributed by atoms with van der Waals surface area (Å²) < 4.78 is 27.7. The number of anilines is 1. The number of halogens is 1. The second-order valence-corrected chi connectivity index (χ2v) is 12.1. The van der Waals surface area contributed by atoms with Crippen LogP contribution in [0.25, 0.3) is 10.8 Å². The van der Waals surface area contributed by atoms with Crippen LogP contribution in [-0.4, -0.2) is 50.5 Å². The van der Waals surface area contributed by atoms with Crippen LogP contribution < -0.4 is 9.62 Å². The minimum Gasteiger partial charge on any atom is -0.354 e. The first-order valence-corrected chi connectivity index (χ1v) is 14.4. The van der Waals surface area contributed by atoms with E-state index in [4.69, 9.17) is 0 Å². The van der Waals surface area contributed by atoms with Gasteiger partial charge < -0.3 is 10.2 Å². The Morgan fingerprint density at radius 3 is 2.31 bits per heavy atom. The summed E-state index contributed by atoms with van der Waals surface area (Å²) in [7, 11) is -3.81. The molecule has 1 unspecified atom stereocenters. The summed E-state index contributed by atoms with van der Waals surface area (Å²) in [6.07, 6.45) is 1.08. The first-order chi connectivity index (χ1) is 17.0. The smallest absolute Gasteiger partial charge is 0.244 e. The third kappa shape index (κ3) is 7.07. The zero-order valence-corrected chi connectivity index (χ0v) is 23.3. The number of amides is 2. The molecule has 0 aliphatic carbocycles. The fraction of sp³-hybridized carbons (Fsp3) is 0.333. The Kier molecular flexibility index (Phi) is 9.13. The van der Waals surface area contributed by atoms with Crippen LogP contribution in [0, 0.1) is 5.92 Å². The van der Waals surface area contributed by atoms with Gasteiger partial charge >= 0.3 is 0 Å². The lowest BCUT2D eigenvalue weighted by Gasteiger charge is -2.32. The Bertz CT molecular complexity index is 1340. The molecule has 0 bridgehead atoms. The van der Waals surface area contributed by atoms with Crippen LogP contribution in [0.2, 0.25) is 0 Å². The Morgan fingerprint density at radius 1 is 0.972 bits per heavy atom. The van der Waals surface area contributed by atoms with Gasteiger partial charge in [0, 0.05) is 22.9 Å². The summed E-state index contributed by atoms with van der Waals surface area (Å²) in [6.45, 7) is 5.85. The van der Waals surface area contributed by atoms with Crippen molar-refractivity contribution < 1.29 is 18.0 Å². The van der Waals surface area contributed by atoms with Gasteiger partial charge in [0.1, 0.15) is 12.6 Å². The maximum atomic E-state index is 13.7. The zero-order chi connectivity index (χ0) is 26.5. The minimum atomic E-state index is -3.81. The van der Waals surface area contributed by atoms with Gasteiger partial charge in [0.25, 0.3) is 0 Å². The van der Waals surface area contributed by atoms with E-state index in [-0.39, 0.29) is 18.4 Å². The van der Waals surface area contributed by atoms with Crippen LogP contribution in [0.15, 0.2) is 71.2 Å². The van der Waals surface area contributed by atoms with Gasteiger partial charge in [-0.1, -0.05) is 78.3 Å². The first-order valence-electron chi connectivity index (χ1n) is 11.7. The van der Waals surface area contributed by atoms with Crippen LogP contribution >= 0.6 is 15.9 Å². The summed E-state index contributed by atoms with van der Waals surface area (Å²) in [5, 5.41) is 4.47. The average Bonchev–Trinajstić information content (AvgIpc) is 2.83. The van der Waals surface area contributed by atoms with E-state index in [1.165, 1.54) is 4.90 Å². The number of nitrogens with one attached hydrogen (secondary N) is 1. The molecule has 1 atom stereocenters. The summed E-state index contributed by atoms with van der Waals surface area (Å²) >= 11 is 3.45. The molecule has 0 fully saturated rings. The molecular weight excluding hydrogens is 542 g/mol. The number of fused-ring (bicyclic) bond motifs is 1. The van der Waals surface area contributed by atoms with E-state index < -0.39 is 28.5 Å². The third-order valence-corrected chi connectivity index (χ3v) is 7.43. The van der Waals surface area contributed by atoms with Gasteiger partial charge in [-0.25, -0.2) is 8.42 Å². The van der Waals surface area contributed by atoms with E-state index >= 15 is 0 Å². The lowest BCUT2D eigenvalue weighted by molar-refractivity contribution is -0.139. The highest BCUT2D eigenvalue weighted by Crippen LogP contribution is 2.28. The Hall–Kier alpha value is -2.91. The summed E-state index contributed by atoms with van der Waals surface area (Å²) in [4.78, 5) is 28.1. The van der Waals surface area contributed by atoms with Crippen LogP contribution in [0.3, 0.4) is 0 Å². The van der Waals surface area contributed by atoms with E-state index in [0.717, 1.165) is 31.4 Å². The van der Waals surface area contributed by atoms with Crippen molar-refractivity contribution in [1.29, 1.82) is 0 Å². The number of nitrogens with zero attached hydrogens (tertiary/aromatic N) is 2. The second-order valence-electron chi connectivity index (χ2n) is 9.23. The van der Waals surface area contributed by atoms with Gasteiger partial charge in [0.2, 0.25) is 21.8 Å². The number of hydrogen-bond donors (Lipinski definition) is 1. The van der Waals surface area contributed by atoms with Crippen molar-refractivity contribution in [2.75, 3.05) is 23.7 Å². The largest absolute Gasteiger partial charge is 0.354 e. The molecule has 192 valence electrons. The van der Waals surface area contributed by atoms with Gasteiger partial charge in [-0.2, -0.15) is 0 Å². The lowest BCUT2D eigenvalue weighted by atomic mass is 10.1. The number of carbonyl (C=O) groups excluding carboxylic acids is 2. The van der Waals surface area contributed by atoms with Gasteiger partial charge in [-0.3, -0.25) is 13.9 Å². The molecule has 0 aliphatic rings. The fourth-order valence-corrected chi connectivity index (χ4v) is 5.20. The molecular formula is C27H32BrN3O4S. The average molecular weight is 575 g/mol. The Labute approximate surface area is 221 Å². The van der Waals surface area contributed by atoms with Crippen molar-refractivity contribution in [2.45, 2.75) is 33.4 Å². The number of sulfonamides is 1. The summed E-state index contributed by atoms with van der Waals surface area (Å²) in [6, 6.07) is 19.4. The standard InChI is InChI=1S/C27H32BrN3O4S/c1-19(2)16-29-27(33)20(3)30(17-21-9-7-12-23(28)15-21)26(32)18-31(36(4,34)35)25-14-8-11-22-10-5-6-13-24(22)25/h5-15,19-20H,16-18H2,1-4H3,(H,29,33). The van der Waals surface area contributed by atoms with Crippen LogP contribution in [-0.2, 0) is 26.2 Å². The maximum Gasteiger partial charge on any atom is 0.244 e. The molecule has 0 saturated heterocycles. The highest BCUT2D eigenvalue weighted by molar-refractivity contribution is 9.10. The zero-order valence-electron chi connectivity index (χ0n) is 20.9. The molecule has 2 amide bonds. The number of rotatable bonds is 10. The molecule has 0 aliphatic heterocycles. The quantitative estimate of drug-likeness (QED) is 0.385. The molecule has 0 saturated carbocycles. The van der Waals surface area contributed by atoms with Crippen molar-refractivity contribution in [3.8, 4) is 0 Å². The predicted molar refractivity (Wildman–Crippen MR) is 148 cm³/mol. The predicted octanol–water partition coefficient (Wildman–Crippen LogP) is 4.56. The first kappa shape index (κ1) is 27.7. The van der Waals surface area contributed by atoms with E-state index in [9.17, 15) is 18.0 Å². The highest BCUT2D eigenvalue weighted by atomic mass is 79.9. The van der Waals surface area contributed by atoms with Crippen molar-refractivity contribution in [3.63, 3.8) is 0 Å². The van der Waals surface area contributed by atoms with Crippen LogP contribution in [0.5, 0.6) is 0 Å². The molecule has 3 aromatic carbocycles. The van der Waals surface area contributed by atoms with Gasteiger partial charge in [0.05, 0.1) is 11.9 Å². The molecule has 0 heterocycles. The van der Waals surface area contributed by atoms with Crippen molar-refractivity contribution in [1.82, 2.24) is 10.2 Å². The van der Waals surface area contributed by atoms with Crippen molar-refractivity contribution in [2.24, 2.45) is 5.92 Å². The topological polar surface area (TPSA) is 86.8 Å². The highest BCUT2D eigenvalue weighted by Gasteiger charge is 2.30. The van der Waals surface area contributed by atoms with Gasteiger partial charge in [-0.05, 0) is 42.0 Å². The molecule has 0 radical (unpaired) electrons. The summed E-state index contributed by atoms with van der Waals surface area (Å²) in [5.74, 6) is -0.508. The van der Waals surface area contributed by atoms with Crippen molar-refractivity contribution >= 4 is 54.2 Å². The van der Waals surface area contributed by atoms with E-state index in [1.54, 1.807) is 19.1 Å². The molecule has 3 aromatic rings. The van der Waals surface area contributed by atoms with Gasteiger partial charge in [-0.15, -0.1) is 0 Å². The lowest BCUT2D eigenvalue weighted by Crippen LogP contribution is -2.51. The Balaban J connectivity index is 1.97. The van der Waals surface area contributed by atoms with Crippen LogP contribution in [0.4, 0.5) is 5.69 Å². The molecule has 7 nitrogen and oxygen atoms in total. The number of hydrogen-bond acceptors (Lipinski definition) is 4. The van der Waals surface area contributed by atoms with E-state index in [2.05, 4.69) is 21.2 Å². The molecule has 0 aromatic heterocycles. The number of benzene rings is 3. The molecule has 3 rings (SSSR count). The van der Waals surface area contributed by atoms with Crippen molar-refractivity contribution in [3.05, 3.63) is 76.8 Å². The third-order valence-electron chi connectivity index (χ3n) is 5.81. The SMILES string of the molecule is CC(C)CNC(=O)C(C)N(Cc1cccc(Br)c1)C(=O)CN(c1cccc2ccccc12)S(C)(=O)=O. The molecule has 36 heavy (non-hydrogen) atoms. The molecule has 9 heteroatoms. The summed E-state index contributed by atoms with van der Waals surface area (Å²) in [5.41, 5.74) is 1.24. The molecule has 1 N–H and O–H groups in total. The van der Waals surface area contributed by atoms with E-state index in [1.807, 2.05) is 68.4 Å². The second kappa shape index (κ2) is 11.9. The molecule has 0 spiro atoms. The van der Waals surface area contributed by atoms with Gasteiger partial charge in [0.15, 0.2) is 0 Å². The monoisotopic (exact) mass is 573 g/mol. The maximum absolute atomic E-state index is 13.7. The Morgan fingerprint density at radius 2 is 1.64 bits per heavy atom. The minimum absolute atomic E-state index is 0.154.